The van der Waals surface area contributed by atoms with Gasteiger partial charge in [-0.15, -0.1) is 0 Å². The van der Waals surface area contributed by atoms with Crippen molar-refractivity contribution in [2.45, 2.75) is 295 Å². The van der Waals surface area contributed by atoms with Gasteiger partial charge in [0.1, 0.15) is 0 Å². The van der Waals surface area contributed by atoms with Gasteiger partial charge in [0, 0.05) is 0 Å². The molecule has 0 atom stereocenters. The van der Waals surface area contributed by atoms with Crippen molar-refractivity contribution in [3.63, 3.8) is 0 Å². The van der Waals surface area contributed by atoms with E-state index in [1.807, 2.05) is 0 Å². The van der Waals surface area contributed by atoms with E-state index in [0.717, 1.165) is 71.0 Å². The first-order valence-electron chi connectivity index (χ1n) is 27.0. The van der Waals surface area contributed by atoms with Gasteiger partial charge >= 0.3 is 0 Å². The predicted octanol–water partition coefficient (Wildman–Crippen LogP) is 21.6. The molecule has 0 unspecified atom stereocenters. The highest BCUT2D eigenvalue weighted by atomic mass is 14.4. The smallest absolute Gasteiger partial charge is 0.0292 e. The molecule has 0 N–H and O–H groups in total. The molecule has 0 spiro atoms. The summed E-state index contributed by atoms with van der Waals surface area (Å²) in [4.78, 5) is 0. The van der Waals surface area contributed by atoms with E-state index < -0.39 is 0 Å². The topological polar surface area (TPSA) is 0 Å². The maximum atomic E-state index is 2.41. The second kappa shape index (κ2) is 34.4. The van der Waals surface area contributed by atoms with Crippen molar-refractivity contribution in [2.24, 2.45) is 87.3 Å². The van der Waals surface area contributed by atoms with Crippen LogP contribution in [0.15, 0.2) is 0 Å². The molecule has 0 saturated heterocycles. The summed E-state index contributed by atoms with van der Waals surface area (Å²) in [6.45, 7) is 57.3. The van der Waals surface area contributed by atoms with Crippen molar-refractivity contribution in [3.05, 3.63) is 0 Å². The van der Waals surface area contributed by atoms with Gasteiger partial charge in [-0.05, 0) is 164 Å². The summed E-state index contributed by atoms with van der Waals surface area (Å²) in [5.41, 5.74) is 1.84. The molecule has 59 heavy (non-hydrogen) atoms. The fourth-order valence-electron chi connectivity index (χ4n) is 10.2. The molecule has 0 aliphatic heterocycles. The molecule has 0 bridgehead atoms. The molecule has 0 aliphatic carbocycles. The standard InChI is InChI=1S/2C20H42.C19H40/c2*1-16(2)9-12-20(15-19(7)8,13-10-17(3)4)14-11-18(5)6;1-15(2)9-11-19(13-17(5)6,14-18(7)8)12-10-16(3)4/h2*16-19H,9-15H2,1-8H3;15-18H,9-14H2,1-8H3. The van der Waals surface area contributed by atoms with E-state index in [-0.39, 0.29) is 0 Å². The summed E-state index contributed by atoms with van der Waals surface area (Å²) in [6.07, 6.45) is 28.5. The van der Waals surface area contributed by atoms with E-state index in [0.29, 0.717) is 16.2 Å². The normalized spacial score (nSPS) is 13.2. The van der Waals surface area contributed by atoms with Crippen LogP contribution in [0, 0.1) is 87.3 Å². The van der Waals surface area contributed by atoms with Crippen LogP contribution in [0.2, 0.25) is 0 Å². The van der Waals surface area contributed by atoms with Crippen LogP contribution in [-0.4, -0.2) is 0 Å². The maximum Gasteiger partial charge on any atom is -0.0292 e. The van der Waals surface area contributed by atoms with E-state index in [9.17, 15) is 0 Å². The van der Waals surface area contributed by atoms with Gasteiger partial charge < -0.3 is 0 Å². The second-order valence-electron chi connectivity index (χ2n) is 26.4. The first-order chi connectivity index (χ1) is 27.0. The van der Waals surface area contributed by atoms with Gasteiger partial charge in [0.2, 0.25) is 0 Å². The fraction of sp³-hybridized carbons (Fsp3) is 1.00. The Kier molecular flexibility index (Phi) is 36.9. The fourth-order valence-corrected chi connectivity index (χ4v) is 10.2. The second-order valence-corrected chi connectivity index (χ2v) is 26.4. The van der Waals surface area contributed by atoms with Gasteiger partial charge in [0.05, 0.1) is 0 Å². The van der Waals surface area contributed by atoms with Crippen LogP contribution in [0.5, 0.6) is 0 Å². The molecule has 0 saturated carbocycles. The lowest BCUT2D eigenvalue weighted by Gasteiger charge is -2.38. The molecule has 0 aromatic heterocycles. The van der Waals surface area contributed by atoms with Crippen molar-refractivity contribution in [2.75, 3.05) is 0 Å². The Labute approximate surface area is 380 Å². The summed E-state index contributed by atoms with van der Waals surface area (Å²) < 4.78 is 0. The van der Waals surface area contributed by atoms with Gasteiger partial charge in [-0.25, -0.2) is 0 Å². The molecule has 360 valence electrons. The maximum absolute atomic E-state index is 2.41. The minimum Gasteiger partial charge on any atom is -0.0628 e. The van der Waals surface area contributed by atoms with Crippen LogP contribution >= 0.6 is 0 Å². The van der Waals surface area contributed by atoms with E-state index in [1.165, 1.54) is 128 Å². The molecule has 0 rings (SSSR count). The molecule has 0 nitrogen and oxygen atoms in total. The summed E-state index contributed by atoms with van der Waals surface area (Å²) in [5.74, 6) is 10.1. The molecule has 0 heterocycles. The Hall–Kier alpha value is 0. The van der Waals surface area contributed by atoms with Crippen LogP contribution in [0.3, 0.4) is 0 Å². The lowest BCUT2D eigenvalue weighted by molar-refractivity contribution is 0.130. The van der Waals surface area contributed by atoms with Crippen molar-refractivity contribution >= 4 is 0 Å². The molecule has 0 amide bonds. The largest absolute Gasteiger partial charge is 0.0628 e. The first-order valence-corrected chi connectivity index (χ1v) is 27.0. The molecular formula is C59H124. The lowest BCUT2D eigenvalue weighted by Crippen LogP contribution is -2.26. The highest BCUT2D eigenvalue weighted by molar-refractivity contribution is 4.85. The van der Waals surface area contributed by atoms with E-state index in [2.05, 4.69) is 166 Å². The third-order valence-electron chi connectivity index (χ3n) is 13.4. The third-order valence-corrected chi connectivity index (χ3v) is 13.4. The highest BCUT2D eigenvalue weighted by Gasteiger charge is 2.33. The van der Waals surface area contributed by atoms with Crippen molar-refractivity contribution < 1.29 is 0 Å². The van der Waals surface area contributed by atoms with E-state index in [1.54, 1.807) is 0 Å². The van der Waals surface area contributed by atoms with Gasteiger partial charge in [-0.1, -0.05) is 218 Å². The average Bonchev–Trinajstić information content (AvgIpc) is 3.07. The summed E-state index contributed by atoms with van der Waals surface area (Å²) >= 11 is 0. The van der Waals surface area contributed by atoms with Gasteiger partial charge in [-0.3, -0.25) is 0 Å². The zero-order valence-corrected chi connectivity index (χ0v) is 46.6. The molecule has 0 aliphatic rings. The first kappa shape index (κ1) is 63.3. The molecule has 0 aromatic carbocycles. The van der Waals surface area contributed by atoms with Crippen LogP contribution in [0.1, 0.15) is 295 Å². The average molecular weight is 834 g/mol. The number of hydrogen-bond acceptors (Lipinski definition) is 0. The third kappa shape index (κ3) is 39.3. The van der Waals surface area contributed by atoms with Crippen molar-refractivity contribution in [1.82, 2.24) is 0 Å². The molecule has 0 heteroatoms. The Morgan fingerprint density at radius 3 is 0.407 bits per heavy atom. The Morgan fingerprint density at radius 1 is 0.169 bits per heavy atom. The van der Waals surface area contributed by atoms with Gasteiger partial charge in [0.25, 0.3) is 0 Å². The predicted molar refractivity (Wildman–Crippen MR) is 278 cm³/mol. The zero-order valence-electron chi connectivity index (χ0n) is 46.6. The summed E-state index contributed by atoms with van der Waals surface area (Å²) in [5, 5.41) is 0. The Balaban J connectivity index is -0.000000798. The summed E-state index contributed by atoms with van der Waals surface area (Å²) in [7, 11) is 0. The van der Waals surface area contributed by atoms with Gasteiger partial charge in [0.15, 0.2) is 0 Å². The van der Waals surface area contributed by atoms with Crippen molar-refractivity contribution in [3.8, 4) is 0 Å². The molecular weight excluding hydrogens is 709 g/mol. The monoisotopic (exact) mass is 833 g/mol. The van der Waals surface area contributed by atoms with Crippen LogP contribution in [0.4, 0.5) is 0 Å². The minimum atomic E-state index is 0.608. The summed E-state index contributed by atoms with van der Waals surface area (Å²) in [6, 6.07) is 0. The van der Waals surface area contributed by atoms with E-state index >= 15 is 0 Å². The number of rotatable bonds is 32. The number of hydrogen-bond donors (Lipinski definition) is 0. The zero-order chi connectivity index (χ0) is 46.6. The highest BCUT2D eigenvalue weighted by Crippen LogP contribution is 2.46. The Morgan fingerprint density at radius 2 is 0.288 bits per heavy atom. The van der Waals surface area contributed by atoms with E-state index in [4.69, 9.17) is 0 Å². The minimum absolute atomic E-state index is 0.608. The SMILES string of the molecule is CC(C)CCC(CCC(C)C)(CC(C)C)CC(C)C.CC(C)CCC(CCC(C)C)(CCC(C)C)CC(C)C.CC(C)CCC(CCC(C)C)(CCC(C)C)CC(C)C. The van der Waals surface area contributed by atoms with Crippen molar-refractivity contribution in [1.29, 1.82) is 0 Å². The van der Waals surface area contributed by atoms with Crippen LogP contribution in [-0.2, 0) is 0 Å². The van der Waals surface area contributed by atoms with Crippen LogP contribution in [0.25, 0.3) is 0 Å². The molecule has 0 fully saturated rings. The molecule has 0 radical (unpaired) electrons. The quantitative estimate of drug-likeness (QED) is 0.0633. The van der Waals surface area contributed by atoms with Crippen LogP contribution < -0.4 is 0 Å². The Bertz CT molecular complexity index is 752. The molecule has 0 aromatic rings. The lowest BCUT2D eigenvalue weighted by atomic mass is 9.67. The van der Waals surface area contributed by atoms with Gasteiger partial charge in [-0.2, -0.15) is 0 Å².